The van der Waals surface area contributed by atoms with Crippen molar-refractivity contribution in [3.8, 4) is 0 Å². The van der Waals surface area contributed by atoms with Crippen LogP contribution in [0.25, 0.3) is 0 Å². The van der Waals surface area contributed by atoms with Gasteiger partial charge in [-0.1, -0.05) is 6.92 Å². The van der Waals surface area contributed by atoms with Gasteiger partial charge in [-0.3, -0.25) is 0 Å². The van der Waals surface area contributed by atoms with Gasteiger partial charge in [0, 0.05) is 21.1 Å². The van der Waals surface area contributed by atoms with Crippen LogP contribution in [0.2, 0.25) is 0 Å². The van der Waals surface area contributed by atoms with Gasteiger partial charge in [-0.25, -0.2) is 0 Å². The molecule has 0 fully saturated rings. The van der Waals surface area contributed by atoms with Crippen LogP contribution in [0.15, 0.2) is 0 Å². The van der Waals surface area contributed by atoms with E-state index in [2.05, 4.69) is 6.92 Å². The van der Waals surface area contributed by atoms with Crippen LogP contribution in [-0.2, 0) is 21.1 Å². The van der Waals surface area contributed by atoms with E-state index in [0.29, 0.717) is 0 Å². The van der Waals surface area contributed by atoms with Gasteiger partial charge in [-0.15, -0.1) is 0 Å². The van der Waals surface area contributed by atoms with Crippen LogP contribution in [0, 0.1) is 6.92 Å². The molecule has 4 heavy (non-hydrogen) atoms. The van der Waals surface area contributed by atoms with Crippen LogP contribution >= 0.6 is 0 Å². The summed E-state index contributed by atoms with van der Waals surface area (Å²) in [4.78, 5) is 0. The third-order valence-electron chi connectivity index (χ3n) is 0. The average molecular weight is 227 g/mol. The Kier molecular flexibility index (Phi) is 20.6. The molecule has 0 amide bonds. The fourth-order valence-electron chi connectivity index (χ4n) is 0. The van der Waals surface area contributed by atoms with Crippen LogP contribution in [0.5, 0.6) is 0 Å². The topological polar surface area (TPSA) is 0 Å². The second-order valence-corrected chi connectivity index (χ2v) is 0.500. The monoisotopic (exact) mass is 227 g/mol. The first-order valence-electron chi connectivity index (χ1n) is 1.21. The minimum atomic E-state index is 0. The molecule has 0 radical (unpaired) electrons. The zero-order valence-corrected chi connectivity index (χ0v) is 5.76. The summed E-state index contributed by atoms with van der Waals surface area (Å²) in [6.45, 7) is 5.50. The van der Waals surface area contributed by atoms with Gasteiger partial charge in [0.2, 0.25) is 0 Å². The van der Waals surface area contributed by atoms with Crippen LogP contribution in [0.4, 0.5) is 0 Å². The van der Waals surface area contributed by atoms with Crippen molar-refractivity contribution < 1.29 is 21.1 Å². The summed E-state index contributed by atoms with van der Waals surface area (Å²) >= 11 is 0. The van der Waals surface area contributed by atoms with Gasteiger partial charge in [0.15, 0.2) is 0 Å². The molecular weight excluding hydrogens is 220 g/mol. The molecule has 0 aromatic carbocycles. The van der Waals surface area contributed by atoms with Crippen LogP contribution in [-0.4, -0.2) is 0 Å². The average Bonchev–Trinajstić information content (AvgIpc) is 0.918. The second kappa shape index (κ2) is 9.35. The Labute approximate surface area is 41.9 Å². The first kappa shape index (κ1) is 8.82. The molecule has 0 bridgehead atoms. The smallest absolute Gasteiger partial charge is 0 e. The first-order chi connectivity index (χ1) is 1.41. The van der Waals surface area contributed by atoms with E-state index in [-0.39, 0.29) is 21.1 Å². The summed E-state index contributed by atoms with van der Waals surface area (Å²) in [7, 11) is 0. The van der Waals surface area contributed by atoms with Crippen molar-refractivity contribution >= 4 is 0 Å². The Morgan fingerprint density at radius 1 is 1.75 bits per heavy atom. The molecule has 0 aliphatic rings. The van der Waals surface area contributed by atoms with Gasteiger partial charge in [0.1, 0.15) is 0 Å². The SMILES string of the molecule is [CH2-]CC.[W]. The maximum Gasteiger partial charge on any atom is 0 e. The molecule has 0 atom stereocenters. The molecule has 0 aromatic heterocycles. The number of rotatable bonds is 0. The van der Waals surface area contributed by atoms with Crippen LogP contribution in [0.1, 0.15) is 13.3 Å². The summed E-state index contributed by atoms with van der Waals surface area (Å²) in [5, 5.41) is 0. The maximum absolute atomic E-state index is 3.49. The van der Waals surface area contributed by atoms with E-state index in [9.17, 15) is 0 Å². The summed E-state index contributed by atoms with van der Waals surface area (Å²) in [6.07, 6.45) is 1.00. The van der Waals surface area contributed by atoms with Gasteiger partial charge < -0.3 is 6.92 Å². The van der Waals surface area contributed by atoms with Crippen molar-refractivity contribution in [1.82, 2.24) is 0 Å². The van der Waals surface area contributed by atoms with E-state index in [0.717, 1.165) is 6.42 Å². The van der Waals surface area contributed by atoms with E-state index in [1.54, 1.807) is 0 Å². The van der Waals surface area contributed by atoms with Gasteiger partial charge in [0.25, 0.3) is 0 Å². The van der Waals surface area contributed by atoms with E-state index in [4.69, 9.17) is 0 Å². The molecule has 0 aliphatic carbocycles. The van der Waals surface area contributed by atoms with E-state index < -0.39 is 0 Å². The Balaban J connectivity index is 0. The largest absolute Gasteiger partial charge is 0.344 e. The predicted octanol–water partition coefficient (Wildman–Crippen LogP) is 1.23. The zero-order chi connectivity index (χ0) is 2.71. The fourth-order valence-corrected chi connectivity index (χ4v) is 0. The fraction of sp³-hybridized carbons (Fsp3) is 0.667. The van der Waals surface area contributed by atoms with Crippen molar-refractivity contribution in [2.45, 2.75) is 13.3 Å². The molecule has 0 spiro atoms. The zero-order valence-electron chi connectivity index (χ0n) is 2.82. The van der Waals surface area contributed by atoms with E-state index in [1.807, 2.05) is 6.92 Å². The summed E-state index contributed by atoms with van der Waals surface area (Å²) in [5.74, 6) is 0. The Bertz CT molecular complexity index is 3.25. The molecule has 1 heteroatoms. The maximum atomic E-state index is 3.49. The van der Waals surface area contributed by atoms with Crippen LogP contribution < -0.4 is 0 Å². The Hall–Kier alpha value is 0.688. The molecule has 0 saturated heterocycles. The summed E-state index contributed by atoms with van der Waals surface area (Å²) in [6, 6.07) is 0. The molecule has 0 unspecified atom stereocenters. The summed E-state index contributed by atoms with van der Waals surface area (Å²) in [5.41, 5.74) is 0. The molecule has 0 saturated carbocycles. The van der Waals surface area contributed by atoms with E-state index in [1.165, 1.54) is 0 Å². The van der Waals surface area contributed by atoms with Gasteiger partial charge >= 0.3 is 0 Å². The number of hydrogen-bond donors (Lipinski definition) is 0. The number of hydrogen-bond acceptors (Lipinski definition) is 0. The third kappa shape index (κ3) is 16.2. The van der Waals surface area contributed by atoms with Crippen molar-refractivity contribution in [1.29, 1.82) is 0 Å². The van der Waals surface area contributed by atoms with Gasteiger partial charge in [-0.2, -0.15) is 6.42 Å². The molecule has 0 aliphatic heterocycles. The van der Waals surface area contributed by atoms with Crippen molar-refractivity contribution in [3.63, 3.8) is 0 Å². The summed E-state index contributed by atoms with van der Waals surface area (Å²) < 4.78 is 0. The normalized spacial score (nSPS) is 4.50. The molecule has 0 heterocycles. The van der Waals surface area contributed by atoms with Crippen molar-refractivity contribution in [2.24, 2.45) is 0 Å². The van der Waals surface area contributed by atoms with Gasteiger partial charge in [-0.05, 0) is 0 Å². The molecule has 0 N–H and O–H groups in total. The Morgan fingerprint density at radius 3 is 1.75 bits per heavy atom. The van der Waals surface area contributed by atoms with Crippen molar-refractivity contribution in [3.05, 3.63) is 6.92 Å². The van der Waals surface area contributed by atoms with Gasteiger partial charge in [0.05, 0.1) is 0 Å². The standard InChI is InChI=1S/C3H7.W/c1-3-2;/h1,3H2,2H3;/q-1;. The quantitative estimate of drug-likeness (QED) is 0.546. The van der Waals surface area contributed by atoms with Crippen molar-refractivity contribution in [2.75, 3.05) is 0 Å². The molecule has 26 valence electrons. The van der Waals surface area contributed by atoms with E-state index >= 15 is 0 Å². The molecule has 0 rings (SSSR count). The molecule has 0 aromatic rings. The third-order valence-corrected chi connectivity index (χ3v) is 0. The second-order valence-electron chi connectivity index (χ2n) is 0.500. The van der Waals surface area contributed by atoms with Crippen LogP contribution in [0.3, 0.4) is 0 Å². The minimum Gasteiger partial charge on any atom is -0.344 e. The first-order valence-corrected chi connectivity index (χ1v) is 1.21. The predicted molar refractivity (Wildman–Crippen MR) is 15.6 cm³/mol. The minimum absolute atomic E-state index is 0. The molecular formula is C3H7W-. The molecule has 0 nitrogen and oxygen atoms in total. The Morgan fingerprint density at radius 2 is 1.75 bits per heavy atom.